The number of nitrogens with zero attached hydrogens (tertiary/aromatic N) is 1. The molecule has 0 unspecified atom stereocenters. The summed E-state index contributed by atoms with van der Waals surface area (Å²) in [6.07, 6.45) is 1.47. The lowest BCUT2D eigenvalue weighted by atomic mass is 9.97. The van der Waals surface area contributed by atoms with Crippen LogP contribution in [0, 0.1) is 0 Å². The second-order valence-corrected chi connectivity index (χ2v) is 7.92. The fourth-order valence-corrected chi connectivity index (χ4v) is 4.73. The van der Waals surface area contributed by atoms with E-state index in [0.717, 1.165) is 26.8 Å². The van der Waals surface area contributed by atoms with E-state index in [-0.39, 0.29) is 11.5 Å². The Morgan fingerprint density at radius 2 is 1.70 bits per heavy atom. The molecule has 0 aliphatic heterocycles. The highest BCUT2D eigenvalue weighted by Crippen LogP contribution is 2.41. The summed E-state index contributed by atoms with van der Waals surface area (Å²) in [5.74, 6) is 0.641. The largest absolute Gasteiger partial charge is 0.508 e. The number of fused-ring (bicyclic) bond motifs is 1. The maximum Gasteiger partial charge on any atom is 0.203 e. The van der Waals surface area contributed by atoms with Crippen LogP contribution in [0.2, 0.25) is 0 Å². The summed E-state index contributed by atoms with van der Waals surface area (Å²) in [5.41, 5.74) is 9.55. The average Bonchev–Trinajstić information content (AvgIpc) is 3.37. The van der Waals surface area contributed by atoms with E-state index >= 15 is 0 Å². The number of benzene rings is 3. The molecule has 3 aromatic carbocycles. The number of aromatic hydroxyl groups is 1. The quantitative estimate of drug-likeness (QED) is 0.367. The molecule has 146 valence electrons. The highest BCUT2D eigenvalue weighted by atomic mass is 32.1. The lowest BCUT2D eigenvalue weighted by molar-refractivity contribution is 0.104. The summed E-state index contributed by atoms with van der Waals surface area (Å²) >= 11 is 1.38. The Morgan fingerprint density at radius 3 is 2.40 bits per heavy atom. The van der Waals surface area contributed by atoms with Gasteiger partial charge in [-0.2, -0.15) is 0 Å². The number of ketones is 1. The number of hydrogen-bond acceptors (Lipinski definition) is 6. The van der Waals surface area contributed by atoms with Crippen LogP contribution in [0.3, 0.4) is 0 Å². The van der Waals surface area contributed by atoms with Gasteiger partial charge in [0, 0.05) is 26.8 Å². The van der Waals surface area contributed by atoms with Crippen molar-refractivity contribution in [3.8, 4) is 28.2 Å². The van der Waals surface area contributed by atoms with Gasteiger partial charge in [-0.25, -0.2) is 0 Å². The van der Waals surface area contributed by atoms with E-state index in [0.29, 0.717) is 21.9 Å². The van der Waals surface area contributed by atoms with Crippen molar-refractivity contribution in [3.63, 3.8) is 0 Å². The standard InChI is InChI=1S/C24H16N2O3S/c25-19-13-26-29-23(19)16-8-6-14(7-9-16)21-18-11-10-17(27)12-20(18)30-24(21)22(28)15-4-2-1-3-5-15/h1-13,27H,25H2. The van der Waals surface area contributed by atoms with Crippen molar-refractivity contribution in [3.05, 3.63) is 89.4 Å². The zero-order valence-corrected chi connectivity index (χ0v) is 16.5. The van der Waals surface area contributed by atoms with Gasteiger partial charge >= 0.3 is 0 Å². The number of thiophene rings is 1. The predicted octanol–water partition coefficient (Wildman–Crippen LogP) is 5.74. The van der Waals surface area contributed by atoms with Crippen LogP contribution < -0.4 is 5.73 Å². The average molecular weight is 412 g/mol. The Morgan fingerprint density at radius 1 is 0.967 bits per heavy atom. The van der Waals surface area contributed by atoms with Crippen LogP contribution in [-0.2, 0) is 0 Å². The fraction of sp³-hybridized carbons (Fsp3) is 0. The lowest BCUT2D eigenvalue weighted by Crippen LogP contribution is -2.00. The van der Waals surface area contributed by atoms with E-state index in [1.807, 2.05) is 60.7 Å². The number of nitrogens with two attached hydrogens (primary N) is 1. The number of phenolic OH excluding ortho intramolecular Hbond substituents is 1. The molecule has 0 amide bonds. The minimum Gasteiger partial charge on any atom is -0.508 e. The molecule has 0 aliphatic rings. The predicted molar refractivity (Wildman–Crippen MR) is 119 cm³/mol. The van der Waals surface area contributed by atoms with Crippen molar-refractivity contribution in [2.24, 2.45) is 0 Å². The highest BCUT2D eigenvalue weighted by Gasteiger charge is 2.21. The van der Waals surface area contributed by atoms with Crippen molar-refractivity contribution in [2.75, 3.05) is 5.73 Å². The molecule has 2 aromatic heterocycles. The third-order valence-corrected chi connectivity index (χ3v) is 6.10. The van der Waals surface area contributed by atoms with E-state index < -0.39 is 0 Å². The van der Waals surface area contributed by atoms with Gasteiger partial charge in [-0.3, -0.25) is 4.79 Å². The van der Waals surface area contributed by atoms with Gasteiger partial charge < -0.3 is 15.4 Å². The number of carbonyl (C=O) groups is 1. The Hall–Kier alpha value is -3.90. The summed E-state index contributed by atoms with van der Waals surface area (Å²) in [6, 6.07) is 22.0. The second-order valence-electron chi connectivity index (χ2n) is 6.87. The Kier molecular flexibility index (Phi) is 4.34. The third-order valence-electron chi connectivity index (χ3n) is 4.95. The van der Waals surface area contributed by atoms with Gasteiger partial charge in [0.25, 0.3) is 0 Å². The molecule has 0 saturated carbocycles. The lowest BCUT2D eigenvalue weighted by Gasteiger charge is -2.06. The molecule has 3 N–H and O–H groups in total. The Balaban J connectivity index is 1.68. The van der Waals surface area contributed by atoms with Gasteiger partial charge in [-0.15, -0.1) is 11.3 Å². The molecular formula is C24H16N2O3S. The van der Waals surface area contributed by atoms with E-state index in [1.54, 1.807) is 12.1 Å². The van der Waals surface area contributed by atoms with E-state index in [9.17, 15) is 9.90 Å². The monoisotopic (exact) mass is 412 g/mol. The maximum atomic E-state index is 13.3. The van der Waals surface area contributed by atoms with Crippen molar-refractivity contribution in [1.29, 1.82) is 0 Å². The highest BCUT2D eigenvalue weighted by molar-refractivity contribution is 7.21. The topological polar surface area (TPSA) is 89.4 Å². The zero-order chi connectivity index (χ0) is 20.7. The molecule has 5 nitrogen and oxygen atoms in total. The van der Waals surface area contributed by atoms with Crippen LogP contribution in [0.15, 0.2) is 83.5 Å². The number of rotatable bonds is 4. The number of aromatic nitrogens is 1. The zero-order valence-electron chi connectivity index (χ0n) is 15.7. The first-order chi connectivity index (χ1) is 14.6. The van der Waals surface area contributed by atoms with Crippen molar-refractivity contribution in [2.45, 2.75) is 0 Å². The molecule has 0 saturated heterocycles. The third kappa shape index (κ3) is 3.03. The van der Waals surface area contributed by atoms with Crippen molar-refractivity contribution >= 4 is 32.9 Å². The molecule has 0 radical (unpaired) electrons. The normalized spacial score (nSPS) is 11.1. The molecule has 6 heteroatoms. The summed E-state index contributed by atoms with van der Waals surface area (Å²) in [7, 11) is 0. The summed E-state index contributed by atoms with van der Waals surface area (Å²) < 4.78 is 6.08. The van der Waals surface area contributed by atoms with Gasteiger partial charge in [-0.05, 0) is 23.8 Å². The number of anilines is 1. The molecular weight excluding hydrogens is 396 g/mol. The minimum absolute atomic E-state index is 0.0464. The molecule has 30 heavy (non-hydrogen) atoms. The number of nitrogen functional groups attached to an aromatic ring is 1. The molecule has 0 atom stereocenters. The van der Waals surface area contributed by atoms with Gasteiger partial charge in [0.2, 0.25) is 5.78 Å². The Labute approximate surface area is 176 Å². The van der Waals surface area contributed by atoms with Crippen LogP contribution in [-0.4, -0.2) is 16.0 Å². The van der Waals surface area contributed by atoms with Gasteiger partial charge in [0.05, 0.1) is 11.1 Å². The SMILES string of the molecule is Nc1cnoc1-c1ccc(-c2c(C(=O)c3ccccc3)sc3cc(O)ccc23)cc1. The minimum atomic E-state index is -0.0464. The van der Waals surface area contributed by atoms with E-state index in [4.69, 9.17) is 10.3 Å². The van der Waals surface area contributed by atoms with Gasteiger partial charge in [-0.1, -0.05) is 59.8 Å². The fourth-order valence-electron chi connectivity index (χ4n) is 3.51. The van der Waals surface area contributed by atoms with Crippen molar-refractivity contribution < 1.29 is 14.4 Å². The van der Waals surface area contributed by atoms with Gasteiger partial charge in [0.15, 0.2) is 5.76 Å². The number of hydrogen-bond donors (Lipinski definition) is 2. The summed E-state index contributed by atoms with van der Waals surface area (Å²) in [4.78, 5) is 13.9. The number of carbonyl (C=O) groups excluding carboxylic acids is 1. The van der Waals surface area contributed by atoms with E-state index in [1.165, 1.54) is 17.5 Å². The first kappa shape index (κ1) is 18.1. The van der Waals surface area contributed by atoms with Gasteiger partial charge in [0.1, 0.15) is 11.4 Å². The molecule has 5 aromatic rings. The molecule has 0 fully saturated rings. The van der Waals surface area contributed by atoms with Crippen LogP contribution in [0.25, 0.3) is 32.5 Å². The second kappa shape index (κ2) is 7.17. The van der Waals surface area contributed by atoms with Crippen LogP contribution in [0.5, 0.6) is 5.75 Å². The molecule has 0 bridgehead atoms. The van der Waals surface area contributed by atoms with Crippen LogP contribution in [0.1, 0.15) is 15.2 Å². The summed E-state index contributed by atoms with van der Waals surface area (Å²) in [5, 5.41) is 14.6. The van der Waals surface area contributed by atoms with Crippen LogP contribution >= 0.6 is 11.3 Å². The van der Waals surface area contributed by atoms with Crippen molar-refractivity contribution in [1.82, 2.24) is 5.16 Å². The summed E-state index contributed by atoms with van der Waals surface area (Å²) in [6.45, 7) is 0. The first-order valence-corrected chi connectivity index (χ1v) is 10.1. The molecule has 0 aliphatic carbocycles. The maximum absolute atomic E-state index is 13.3. The molecule has 2 heterocycles. The molecule has 5 rings (SSSR count). The van der Waals surface area contributed by atoms with Crippen LogP contribution in [0.4, 0.5) is 5.69 Å². The Bertz CT molecular complexity index is 1370. The smallest absolute Gasteiger partial charge is 0.203 e. The first-order valence-electron chi connectivity index (χ1n) is 9.28. The van der Waals surface area contributed by atoms with E-state index in [2.05, 4.69) is 5.16 Å². The molecule has 0 spiro atoms. The number of phenols is 1.